The van der Waals surface area contributed by atoms with E-state index in [9.17, 15) is 24.3 Å². The largest absolute Gasteiger partial charge is 0.479 e. The van der Waals surface area contributed by atoms with Crippen LogP contribution in [0.15, 0.2) is 66.7 Å². The number of aliphatic carboxylic acids is 1. The van der Waals surface area contributed by atoms with E-state index in [-0.39, 0.29) is 25.3 Å². The second-order valence-electron chi connectivity index (χ2n) is 14.1. The van der Waals surface area contributed by atoms with Gasteiger partial charge in [0.2, 0.25) is 17.6 Å². The van der Waals surface area contributed by atoms with Crippen molar-refractivity contribution in [2.75, 3.05) is 6.54 Å². The molecule has 2 aliphatic heterocycles. The number of nitrogens with one attached hydrogen (secondary N) is 2. The molecule has 0 radical (unpaired) electrons. The highest BCUT2D eigenvalue weighted by atomic mass is 16.6. The Bertz CT molecular complexity index is 1720. The lowest BCUT2D eigenvalue weighted by atomic mass is 10.0. The van der Waals surface area contributed by atoms with E-state index >= 15 is 0 Å². The van der Waals surface area contributed by atoms with Crippen LogP contribution in [0, 0.1) is 5.92 Å². The average Bonchev–Trinajstić information content (AvgIpc) is 3.38. The summed E-state index contributed by atoms with van der Waals surface area (Å²) in [6, 6.07) is 15.3. The van der Waals surface area contributed by atoms with Crippen LogP contribution in [-0.2, 0) is 19.1 Å². The highest BCUT2D eigenvalue weighted by Crippen LogP contribution is 2.45. The van der Waals surface area contributed by atoms with Gasteiger partial charge < -0.3 is 25.4 Å². The van der Waals surface area contributed by atoms with Crippen LogP contribution in [0.5, 0.6) is 0 Å². The number of amides is 3. The van der Waals surface area contributed by atoms with Crippen LogP contribution in [0.4, 0.5) is 4.79 Å². The average molecular weight is 670 g/mol. The molecule has 49 heavy (non-hydrogen) atoms. The van der Waals surface area contributed by atoms with Crippen LogP contribution in [-0.4, -0.2) is 83.9 Å². The molecule has 3 heterocycles. The highest BCUT2D eigenvalue weighted by Gasteiger charge is 2.61. The molecular formula is C36H43N7O6. The maximum atomic E-state index is 14.3. The van der Waals surface area contributed by atoms with Crippen LogP contribution in [0.3, 0.4) is 0 Å². The Morgan fingerprint density at radius 3 is 2.43 bits per heavy atom. The number of allylic oxidation sites excluding steroid dienone is 1. The number of rotatable bonds is 5. The van der Waals surface area contributed by atoms with Gasteiger partial charge in [-0.05, 0) is 62.8 Å². The lowest BCUT2D eigenvalue weighted by molar-refractivity contribution is -0.145. The number of benzene rings is 2. The smallest absolute Gasteiger partial charge is 0.408 e. The number of ether oxygens (including phenoxy) is 1. The van der Waals surface area contributed by atoms with Crippen molar-refractivity contribution >= 4 is 23.9 Å². The molecule has 3 aliphatic rings. The fourth-order valence-electron chi connectivity index (χ4n) is 6.63. The van der Waals surface area contributed by atoms with Gasteiger partial charge in [0.05, 0.1) is 6.04 Å². The Hall–Kier alpha value is -5.07. The molecule has 3 aromatic rings. The first-order chi connectivity index (χ1) is 23.4. The lowest BCUT2D eigenvalue weighted by Gasteiger charge is -2.30. The number of hydrogen-bond acceptors (Lipinski definition) is 8. The predicted octanol–water partition coefficient (Wildman–Crippen LogP) is 4.52. The molecule has 0 bridgehead atoms. The fraction of sp³-hybridized carbons (Fsp3) is 0.472. The molecule has 1 aromatic heterocycles. The van der Waals surface area contributed by atoms with Crippen molar-refractivity contribution in [3.05, 3.63) is 66.7 Å². The van der Waals surface area contributed by atoms with E-state index in [1.165, 1.54) is 9.70 Å². The molecule has 13 heteroatoms. The summed E-state index contributed by atoms with van der Waals surface area (Å²) in [4.78, 5) is 56.3. The number of nitrogens with zero attached hydrogens (tertiary/aromatic N) is 5. The quantitative estimate of drug-likeness (QED) is 0.331. The molecular weight excluding hydrogens is 626 g/mol. The van der Waals surface area contributed by atoms with Crippen LogP contribution in [0.25, 0.3) is 22.5 Å². The van der Waals surface area contributed by atoms with E-state index in [1.54, 1.807) is 20.8 Å². The first kappa shape index (κ1) is 33.8. The number of carboxylic acids is 1. The number of hydrogen-bond donors (Lipinski definition) is 3. The molecule has 2 aromatic carbocycles. The van der Waals surface area contributed by atoms with Crippen LogP contribution >= 0.6 is 0 Å². The number of fused-ring (bicyclic) bond motifs is 2. The van der Waals surface area contributed by atoms with Crippen molar-refractivity contribution in [2.24, 2.45) is 5.92 Å². The van der Waals surface area contributed by atoms with Crippen molar-refractivity contribution in [3.63, 3.8) is 0 Å². The summed E-state index contributed by atoms with van der Waals surface area (Å²) in [5.41, 5.74) is 0.680. The molecule has 6 rings (SSSR count). The molecule has 1 aliphatic carbocycles. The molecule has 1 saturated carbocycles. The van der Waals surface area contributed by atoms with Gasteiger partial charge in [0.25, 0.3) is 0 Å². The second kappa shape index (κ2) is 13.8. The maximum absolute atomic E-state index is 14.3. The van der Waals surface area contributed by atoms with Gasteiger partial charge in [-0.15, -0.1) is 10.2 Å². The zero-order chi connectivity index (χ0) is 34.8. The predicted molar refractivity (Wildman–Crippen MR) is 180 cm³/mol. The zero-order valence-electron chi connectivity index (χ0n) is 28.0. The molecule has 5 atom stereocenters. The molecule has 0 spiro atoms. The van der Waals surface area contributed by atoms with Gasteiger partial charge in [-0.2, -0.15) is 4.80 Å². The molecule has 1 saturated heterocycles. The van der Waals surface area contributed by atoms with Crippen molar-refractivity contribution in [2.45, 2.75) is 95.0 Å². The van der Waals surface area contributed by atoms with Crippen molar-refractivity contribution in [3.8, 4) is 22.5 Å². The number of carbonyl (C=O) groups excluding carboxylic acids is 3. The second-order valence-corrected chi connectivity index (χ2v) is 14.1. The van der Waals surface area contributed by atoms with Gasteiger partial charge in [-0.1, -0.05) is 79.6 Å². The third-order valence-corrected chi connectivity index (χ3v) is 9.33. The minimum atomic E-state index is -1.43. The monoisotopic (exact) mass is 669 g/mol. The summed E-state index contributed by atoms with van der Waals surface area (Å²) < 4.78 is 5.47. The minimum absolute atomic E-state index is 0.0650. The van der Waals surface area contributed by atoms with Crippen LogP contribution in [0.1, 0.15) is 71.8 Å². The van der Waals surface area contributed by atoms with Gasteiger partial charge in [0.15, 0.2) is 0 Å². The van der Waals surface area contributed by atoms with Gasteiger partial charge in [-0.3, -0.25) is 9.59 Å². The Morgan fingerprint density at radius 2 is 1.71 bits per heavy atom. The van der Waals surface area contributed by atoms with E-state index in [4.69, 9.17) is 4.74 Å². The normalized spacial score (nSPS) is 26.7. The maximum Gasteiger partial charge on any atom is 0.408 e. The van der Waals surface area contributed by atoms with Crippen molar-refractivity contribution in [1.82, 2.24) is 35.7 Å². The Kier molecular flexibility index (Phi) is 9.53. The van der Waals surface area contributed by atoms with E-state index in [0.717, 1.165) is 36.0 Å². The molecule has 13 nitrogen and oxygen atoms in total. The minimum Gasteiger partial charge on any atom is -0.479 e. The first-order valence-electron chi connectivity index (χ1n) is 16.9. The van der Waals surface area contributed by atoms with Gasteiger partial charge in [0, 0.05) is 24.4 Å². The van der Waals surface area contributed by atoms with E-state index in [2.05, 4.69) is 26.0 Å². The summed E-state index contributed by atoms with van der Waals surface area (Å²) in [7, 11) is 0. The van der Waals surface area contributed by atoms with Crippen LogP contribution < -0.4 is 10.6 Å². The van der Waals surface area contributed by atoms with Crippen molar-refractivity contribution < 1.29 is 29.0 Å². The first-order valence-corrected chi connectivity index (χ1v) is 16.9. The van der Waals surface area contributed by atoms with Crippen LogP contribution in [0.2, 0.25) is 0 Å². The highest BCUT2D eigenvalue weighted by molar-refractivity contribution is 5.96. The third kappa shape index (κ3) is 7.65. The standard InChI is InChI=1S/C36H43N7O6/c1-35(2,3)49-34(48)37-28-15-11-6-4-5-10-14-26-21-36(26,33(46)47)38-31(44)29-20-27(22-42(29)32(28)45)43-40-30(39-41-43)25-18-16-24(17-19-25)23-12-8-7-9-13-23/h7-10,12-14,16-19,26-29H,4-6,11,15,20-22H2,1-3H3,(H,37,48)(H,38,44)(H,46,47)/b14-10-/t26-,27+,28-,29+,36+/m1/s1. The van der Waals surface area contributed by atoms with Crippen molar-refractivity contribution in [1.29, 1.82) is 0 Å². The zero-order valence-corrected chi connectivity index (χ0v) is 28.0. The number of tetrazole rings is 1. The fourth-order valence-corrected chi connectivity index (χ4v) is 6.63. The summed E-state index contributed by atoms with van der Waals surface area (Å²) in [6.07, 6.45) is 6.92. The molecule has 3 amide bonds. The Morgan fingerprint density at radius 1 is 1.00 bits per heavy atom. The Balaban J connectivity index is 1.26. The van der Waals surface area contributed by atoms with Gasteiger partial charge in [-0.25, -0.2) is 9.59 Å². The summed E-state index contributed by atoms with van der Waals surface area (Å²) >= 11 is 0. The number of alkyl carbamates (subject to hydrolysis) is 1. The number of carboxylic acid groups (broad SMARTS) is 1. The summed E-state index contributed by atoms with van der Waals surface area (Å²) in [6.45, 7) is 5.29. The SMILES string of the molecule is CC(C)(C)OC(=O)N[C@@H]1CCCCC/C=C\[C@@H]2C[C@]2(C(=O)O)NC(=O)[C@@H]2C[C@H](n3nnc(-c4ccc(-c5ccccc5)cc4)n3)CN2C1=O. The summed E-state index contributed by atoms with van der Waals surface area (Å²) in [5, 5.41) is 28.8. The van der Waals surface area contributed by atoms with E-state index in [1.807, 2.05) is 66.7 Å². The summed E-state index contributed by atoms with van der Waals surface area (Å²) in [5.74, 6) is -2.08. The topological polar surface area (TPSA) is 169 Å². The lowest BCUT2D eigenvalue weighted by Crippen LogP contribution is -2.56. The number of aromatic nitrogens is 4. The van der Waals surface area contributed by atoms with Gasteiger partial charge >= 0.3 is 12.1 Å². The third-order valence-electron chi connectivity index (χ3n) is 9.33. The molecule has 3 N–H and O–H groups in total. The molecule has 0 unspecified atom stereocenters. The molecule has 258 valence electrons. The number of carbonyl (C=O) groups is 4. The van der Waals surface area contributed by atoms with E-state index in [0.29, 0.717) is 18.7 Å². The van der Waals surface area contributed by atoms with E-state index < -0.39 is 53.1 Å². The molecule has 2 fully saturated rings. The van der Waals surface area contributed by atoms with Gasteiger partial charge in [0.1, 0.15) is 23.2 Å². The Labute approximate surface area is 285 Å².